The minimum Gasteiger partial charge on any atom is -0.333 e. The van der Waals surface area contributed by atoms with E-state index in [0.717, 1.165) is 12.8 Å². The molecule has 2 saturated heterocycles. The van der Waals surface area contributed by atoms with Crippen molar-refractivity contribution in [2.75, 3.05) is 36.8 Å². The third-order valence-electron chi connectivity index (χ3n) is 4.30. The summed E-state index contributed by atoms with van der Waals surface area (Å²) in [6.07, 6.45) is 2.50. The Bertz CT molecular complexity index is 678. The molecule has 0 spiro atoms. The SMILES string of the molecule is O=C(CN1CCCC1=O)Nc1cccc(NC(=O)CN2CCCC2=O)n1. The minimum absolute atomic E-state index is 0.00578. The average molecular weight is 359 g/mol. The largest absolute Gasteiger partial charge is 0.333 e. The molecular formula is C17H21N5O4. The summed E-state index contributed by atoms with van der Waals surface area (Å²) in [5.41, 5.74) is 0. The molecule has 1 aromatic rings. The molecule has 0 aromatic carbocycles. The van der Waals surface area contributed by atoms with Gasteiger partial charge in [0, 0.05) is 25.9 Å². The molecule has 138 valence electrons. The van der Waals surface area contributed by atoms with Gasteiger partial charge in [-0.1, -0.05) is 6.07 Å². The third-order valence-corrected chi connectivity index (χ3v) is 4.30. The first-order chi connectivity index (χ1) is 12.5. The van der Waals surface area contributed by atoms with E-state index in [9.17, 15) is 19.2 Å². The van der Waals surface area contributed by atoms with Crippen LogP contribution in [0.15, 0.2) is 18.2 Å². The molecule has 2 aliphatic heterocycles. The van der Waals surface area contributed by atoms with Gasteiger partial charge in [0.05, 0.1) is 13.1 Å². The van der Waals surface area contributed by atoms with Crippen LogP contribution in [0.25, 0.3) is 0 Å². The molecule has 0 unspecified atom stereocenters. The fraction of sp³-hybridized carbons (Fsp3) is 0.471. The summed E-state index contributed by atoms with van der Waals surface area (Å²) in [5, 5.41) is 5.25. The molecule has 0 saturated carbocycles. The van der Waals surface area contributed by atoms with E-state index in [1.54, 1.807) is 18.2 Å². The average Bonchev–Trinajstić information content (AvgIpc) is 3.17. The zero-order chi connectivity index (χ0) is 18.5. The van der Waals surface area contributed by atoms with Crippen LogP contribution in [0.2, 0.25) is 0 Å². The molecule has 0 aliphatic carbocycles. The Labute approximate surface area is 150 Å². The van der Waals surface area contributed by atoms with Crippen LogP contribution < -0.4 is 10.6 Å². The first-order valence-corrected chi connectivity index (χ1v) is 8.63. The maximum Gasteiger partial charge on any atom is 0.245 e. The molecule has 0 radical (unpaired) electrons. The van der Waals surface area contributed by atoms with E-state index in [-0.39, 0.29) is 48.4 Å². The lowest BCUT2D eigenvalue weighted by atomic mass is 10.4. The van der Waals surface area contributed by atoms with E-state index in [2.05, 4.69) is 15.6 Å². The second kappa shape index (κ2) is 7.94. The van der Waals surface area contributed by atoms with Gasteiger partial charge in [0.15, 0.2) is 0 Å². The molecular weight excluding hydrogens is 338 g/mol. The summed E-state index contributed by atoms with van der Waals surface area (Å²) in [5.74, 6) is -0.137. The Morgan fingerprint density at radius 2 is 1.35 bits per heavy atom. The van der Waals surface area contributed by atoms with Gasteiger partial charge in [0.2, 0.25) is 23.6 Å². The Morgan fingerprint density at radius 3 is 1.73 bits per heavy atom. The predicted octanol–water partition coefficient (Wildman–Crippen LogP) is 0.203. The Balaban J connectivity index is 1.52. The summed E-state index contributed by atoms with van der Waals surface area (Å²) in [6, 6.07) is 4.85. The van der Waals surface area contributed by atoms with Gasteiger partial charge in [-0.3, -0.25) is 19.2 Å². The lowest BCUT2D eigenvalue weighted by molar-refractivity contribution is -0.131. The number of hydrogen-bond acceptors (Lipinski definition) is 5. The fourth-order valence-electron chi connectivity index (χ4n) is 3.03. The van der Waals surface area contributed by atoms with E-state index in [0.29, 0.717) is 25.9 Å². The number of aromatic nitrogens is 1. The standard InChI is InChI=1S/C17H21N5O4/c23-14(10-21-8-2-6-16(21)25)19-12-4-1-5-13(18-12)20-15(24)11-22-9-3-7-17(22)26/h1,4-5H,2-3,6-11H2,(H2,18,19,20,23,24). The highest BCUT2D eigenvalue weighted by atomic mass is 16.2. The van der Waals surface area contributed by atoms with Crippen LogP contribution in [0.1, 0.15) is 25.7 Å². The number of carbonyl (C=O) groups is 4. The van der Waals surface area contributed by atoms with Gasteiger partial charge in [-0.15, -0.1) is 0 Å². The monoisotopic (exact) mass is 359 g/mol. The minimum atomic E-state index is -0.334. The van der Waals surface area contributed by atoms with Gasteiger partial charge in [0.1, 0.15) is 11.6 Å². The van der Waals surface area contributed by atoms with Crippen LogP contribution in [0.4, 0.5) is 11.6 Å². The smallest absolute Gasteiger partial charge is 0.245 e. The molecule has 2 fully saturated rings. The molecule has 9 nitrogen and oxygen atoms in total. The first kappa shape index (κ1) is 17.8. The number of rotatable bonds is 6. The number of pyridine rings is 1. The van der Waals surface area contributed by atoms with E-state index in [1.165, 1.54) is 9.80 Å². The van der Waals surface area contributed by atoms with Gasteiger partial charge in [-0.25, -0.2) is 4.98 Å². The topological polar surface area (TPSA) is 112 Å². The molecule has 0 bridgehead atoms. The Morgan fingerprint density at radius 1 is 0.885 bits per heavy atom. The first-order valence-electron chi connectivity index (χ1n) is 8.63. The lowest BCUT2D eigenvalue weighted by Gasteiger charge is -2.16. The molecule has 1 aromatic heterocycles. The summed E-state index contributed by atoms with van der Waals surface area (Å²) >= 11 is 0. The summed E-state index contributed by atoms with van der Waals surface area (Å²) in [7, 11) is 0. The molecule has 3 rings (SSSR count). The van der Waals surface area contributed by atoms with Crippen LogP contribution in [0.3, 0.4) is 0 Å². The van der Waals surface area contributed by atoms with Gasteiger partial charge >= 0.3 is 0 Å². The second-order valence-corrected chi connectivity index (χ2v) is 6.34. The van der Waals surface area contributed by atoms with E-state index >= 15 is 0 Å². The van der Waals surface area contributed by atoms with Crippen molar-refractivity contribution < 1.29 is 19.2 Å². The van der Waals surface area contributed by atoms with Crippen LogP contribution in [0.5, 0.6) is 0 Å². The molecule has 3 heterocycles. The maximum atomic E-state index is 12.0. The molecule has 26 heavy (non-hydrogen) atoms. The molecule has 2 aliphatic rings. The van der Waals surface area contributed by atoms with Crippen molar-refractivity contribution in [2.45, 2.75) is 25.7 Å². The van der Waals surface area contributed by atoms with Crippen molar-refractivity contribution in [3.63, 3.8) is 0 Å². The van der Waals surface area contributed by atoms with Crippen LogP contribution in [-0.4, -0.2) is 64.6 Å². The van der Waals surface area contributed by atoms with Crippen molar-refractivity contribution in [1.29, 1.82) is 0 Å². The molecule has 2 N–H and O–H groups in total. The van der Waals surface area contributed by atoms with Crippen LogP contribution >= 0.6 is 0 Å². The maximum absolute atomic E-state index is 12.0. The lowest BCUT2D eigenvalue weighted by Crippen LogP contribution is -2.34. The number of nitrogens with one attached hydrogen (secondary N) is 2. The van der Waals surface area contributed by atoms with E-state index in [1.807, 2.05) is 0 Å². The van der Waals surface area contributed by atoms with E-state index in [4.69, 9.17) is 0 Å². The number of hydrogen-bond donors (Lipinski definition) is 2. The highest BCUT2D eigenvalue weighted by Gasteiger charge is 2.23. The molecule has 0 atom stereocenters. The fourth-order valence-corrected chi connectivity index (χ4v) is 3.03. The van der Waals surface area contributed by atoms with Crippen LogP contribution in [-0.2, 0) is 19.2 Å². The van der Waals surface area contributed by atoms with Crippen molar-refractivity contribution >= 4 is 35.3 Å². The summed E-state index contributed by atoms with van der Waals surface area (Å²) < 4.78 is 0. The second-order valence-electron chi connectivity index (χ2n) is 6.34. The van der Waals surface area contributed by atoms with Gasteiger partial charge in [-0.2, -0.15) is 0 Å². The number of nitrogens with zero attached hydrogens (tertiary/aromatic N) is 3. The van der Waals surface area contributed by atoms with Gasteiger partial charge in [0.25, 0.3) is 0 Å². The number of carbonyl (C=O) groups excluding carboxylic acids is 4. The summed E-state index contributed by atoms with van der Waals surface area (Å²) in [4.78, 5) is 54.4. The quantitative estimate of drug-likeness (QED) is 0.754. The number of likely N-dealkylation sites (tertiary alicyclic amines) is 2. The molecule has 9 heteroatoms. The van der Waals surface area contributed by atoms with Crippen molar-refractivity contribution in [1.82, 2.24) is 14.8 Å². The number of anilines is 2. The predicted molar refractivity (Wildman–Crippen MR) is 93.1 cm³/mol. The van der Waals surface area contributed by atoms with Crippen LogP contribution in [0, 0.1) is 0 Å². The highest BCUT2D eigenvalue weighted by Crippen LogP contribution is 2.13. The molecule has 4 amide bonds. The van der Waals surface area contributed by atoms with Crippen molar-refractivity contribution in [2.24, 2.45) is 0 Å². The van der Waals surface area contributed by atoms with Crippen molar-refractivity contribution in [3.05, 3.63) is 18.2 Å². The highest BCUT2D eigenvalue weighted by molar-refractivity contribution is 5.96. The summed E-state index contributed by atoms with van der Waals surface area (Å²) in [6.45, 7) is 1.17. The van der Waals surface area contributed by atoms with Gasteiger partial charge < -0.3 is 20.4 Å². The van der Waals surface area contributed by atoms with Gasteiger partial charge in [-0.05, 0) is 25.0 Å². The third kappa shape index (κ3) is 4.56. The Hall–Kier alpha value is -2.97. The number of amides is 4. The van der Waals surface area contributed by atoms with E-state index < -0.39 is 0 Å². The zero-order valence-electron chi connectivity index (χ0n) is 14.4. The Kier molecular flexibility index (Phi) is 5.45. The zero-order valence-corrected chi connectivity index (χ0v) is 14.4. The van der Waals surface area contributed by atoms with Crippen molar-refractivity contribution in [3.8, 4) is 0 Å². The normalized spacial score (nSPS) is 16.9.